The van der Waals surface area contributed by atoms with E-state index in [1.807, 2.05) is 11.3 Å². The first kappa shape index (κ1) is 34.8. The van der Waals surface area contributed by atoms with Crippen molar-refractivity contribution in [1.29, 1.82) is 0 Å². The van der Waals surface area contributed by atoms with Gasteiger partial charge in [-0.2, -0.15) is 0 Å². The van der Waals surface area contributed by atoms with Crippen molar-refractivity contribution in [3.8, 4) is 22.3 Å². The quantitative estimate of drug-likeness (QED) is 0.142. The third-order valence-corrected chi connectivity index (χ3v) is 12.5. The first-order valence-corrected chi connectivity index (χ1v) is 20.9. The largest absolute Gasteiger partial charge is 0.310 e. The highest BCUT2D eigenvalue weighted by atomic mass is 32.1. The average Bonchev–Trinajstić information content (AvgIpc) is 3.68. The van der Waals surface area contributed by atoms with Gasteiger partial charge in [-0.1, -0.05) is 140 Å². The molecule has 10 aromatic carbocycles. The second-order valence-electron chi connectivity index (χ2n) is 15.0. The van der Waals surface area contributed by atoms with Gasteiger partial charge in [0.2, 0.25) is 0 Å². The zero-order valence-corrected chi connectivity index (χ0v) is 33.1. The highest BCUT2D eigenvalue weighted by Gasteiger charge is 2.21. The fourth-order valence-electron chi connectivity index (χ4n) is 8.64. The predicted octanol–water partition coefficient (Wildman–Crippen LogP) is 16.6. The Morgan fingerprint density at radius 2 is 0.729 bits per heavy atom. The Hall–Kier alpha value is -7.46. The van der Waals surface area contributed by atoms with Gasteiger partial charge < -0.3 is 9.80 Å². The molecule has 2 nitrogen and oxygen atoms in total. The Morgan fingerprint density at radius 3 is 1.36 bits per heavy atom. The maximum absolute atomic E-state index is 2.39. The summed E-state index contributed by atoms with van der Waals surface area (Å²) in [4.78, 5) is 4.76. The van der Waals surface area contributed by atoms with Gasteiger partial charge in [-0.15, -0.1) is 11.3 Å². The molecule has 3 heteroatoms. The van der Waals surface area contributed by atoms with Crippen molar-refractivity contribution in [2.24, 2.45) is 0 Å². The standard InChI is InChI=1S/C56H38N2S/c1-4-17-43(18-5-1)57(44-19-6-2-7-20-44)47-34-42(53-37-41-16-10-11-23-49(41)50-24-12-13-25-51(50)53)35-48(38-47)58(45-21-8-3-9-22-45)46-31-28-39(29-32-46)40-30-33-56-54(36-40)52-26-14-15-27-55(52)59-56/h1-38H. The third-order valence-electron chi connectivity index (χ3n) is 11.4. The molecule has 11 rings (SSSR count). The van der Waals surface area contributed by atoms with E-state index >= 15 is 0 Å². The van der Waals surface area contributed by atoms with Crippen LogP contribution in [0, 0.1) is 0 Å². The minimum atomic E-state index is 1.07. The summed E-state index contributed by atoms with van der Waals surface area (Å²) in [6.45, 7) is 0. The second kappa shape index (κ2) is 14.8. The van der Waals surface area contributed by atoms with Crippen LogP contribution in [0.2, 0.25) is 0 Å². The van der Waals surface area contributed by atoms with E-state index in [1.54, 1.807) is 0 Å². The molecule has 0 N–H and O–H groups in total. The Balaban J connectivity index is 1.12. The fraction of sp³-hybridized carbons (Fsp3) is 0. The number of fused-ring (bicyclic) bond motifs is 6. The molecule has 0 amide bonds. The molecule has 0 spiro atoms. The molecule has 0 radical (unpaired) electrons. The van der Waals surface area contributed by atoms with Crippen LogP contribution >= 0.6 is 11.3 Å². The van der Waals surface area contributed by atoms with Crippen molar-refractivity contribution >= 4 is 87.2 Å². The van der Waals surface area contributed by atoms with Crippen LogP contribution < -0.4 is 9.80 Å². The number of para-hydroxylation sites is 3. The van der Waals surface area contributed by atoms with Gasteiger partial charge in [0.1, 0.15) is 0 Å². The number of anilines is 6. The lowest BCUT2D eigenvalue weighted by atomic mass is 9.92. The SMILES string of the molecule is c1ccc(N(c2ccccc2)c2cc(-c3cc4ccccc4c4ccccc34)cc(N(c3ccccc3)c3ccc(-c4ccc5sc6ccccc6c5c4)cc3)c2)cc1. The maximum atomic E-state index is 2.39. The molecule has 0 bridgehead atoms. The normalized spacial score (nSPS) is 11.4. The molecule has 1 aromatic heterocycles. The summed E-state index contributed by atoms with van der Waals surface area (Å²) in [5.41, 5.74) is 11.2. The lowest BCUT2D eigenvalue weighted by Crippen LogP contribution is -2.13. The van der Waals surface area contributed by atoms with E-state index in [1.165, 1.54) is 58.4 Å². The summed E-state index contributed by atoms with van der Waals surface area (Å²) >= 11 is 1.86. The second-order valence-corrected chi connectivity index (χ2v) is 16.0. The number of nitrogens with zero attached hydrogens (tertiary/aromatic N) is 2. The van der Waals surface area contributed by atoms with Crippen LogP contribution in [-0.4, -0.2) is 0 Å². The molecular weight excluding hydrogens is 733 g/mol. The first-order valence-electron chi connectivity index (χ1n) is 20.1. The van der Waals surface area contributed by atoms with Gasteiger partial charge in [0.25, 0.3) is 0 Å². The monoisotopic (exact) mass is 770 g/mol. The minimum absolute atomic E-state index is 1.07. The van der Waals surface area contributed by atoms with Gasteiger partial charge in [-0.05, 0) is 135 Å². The van der Waals surface area contributed by atoms with Gasteiger partial charge in [-0.3, -0.25) is 0 Å². The molecule has 0 aliphatic rings. The van der Waals surface area contributed by atoms with Crippen LogP contribution in [0.15, 0.2) is 231 Å². The molecule has 0 aliphatic carbocycles. The van der Waals surface area contributed by atoms with Gasteiger partial charge in [0.05, 0.1) is 0 Å². The Bertz CT molecular complexity index is 3220. The van der Waals surface area contributed by atoms with E-state index in [0.717, 1.165) is 39.7 Å². The number of rotatable bonds is 8. The lowest BCUT2D eigenvalue weighted by molar-refractivity contribution is 1.25. The van der Waals surface area contributed by atoms with E-state index in [4.69, 9.17) is 0 Å². The lowest BCUT2D eigenvalue weighted by Gasteiger charge is -2.30. The Kier molecular flexibility index (Phi) is 8.72. The molecular formula is C56H38N2S. The average molecular weight is 771 g/mol. The summed E-state index contributed by atoms with van der Waals surface area (Å²) in [7, 11) is 0. The van der Waals surface area contributed by atoms with Crippen LogP contribution in [-0.2, 0) is 0 Å². The summed E-state index contributed by atoms with van der Waals surface area (Å²) in [5.74, 6) is 0. The number of thiophene rings is 1. The van der Waals surface area contributed by atoms with Crippen LogP contribution in [0.1, 0.15) is 0 Å². The van der Waals surface area contributed by atoms with Crippen molar-refractivity contribution < 1.29 is 0 Å². The van der Waals surface area contributed by atoms with E-state index in [-0.39, 0.29) is 0 Å². The van der Waals surface area contributed by atoms with Crippen LogP contribution in [0.5, 0.6) is 0 Å². The number of benzene rings is 10. The maximum Gasteiger partial charge on any atom is 0.0488 e. The third kappa shape index (κ3) is 6.39. The van der Waals surface area contributed by atoms with Crippen molar-refractivity contribution in [1.82, 2.24) is 0 Å². The highest BCUT2D eigenvalue weighted by molar-refractivity contribution is 7.25. The Morgan fingerprint density at radius 1 is 0.254 bits per heavy atom. The Labute approximate surface area is 348 Å². The molecule has 0 saturated heterocycles. The summed E-state index contributed by atoms with van der Waals surface area (Å²) in [5, 5.41) is 7.59. The topological polar surface area (TPSA) is 6.48 Å². The summed E-state index contributed by atoms with van der Waals surface area (Å²) < 4.78 is 2.64. The van der Waals surface area contributed by atoms with Gasteiger partial charge in [0, 0.05) is 54.3 Å². The molecule has 11 aromatic rings. The van der Waals surface area contributed by atoms with Crippen molar-refractivity contribution in [3.63, 3.8) is 0 Å². The van der Waals surface area contributed by atoms with Gasteiger partial charge in [-0.25, -0.2) is 0 Å². The number of hydrogen-bond acceptors (Lipinski definition) is 3. The minimum Gasteiger partial charge on any atom is -0.310 e. The molecule has 0 aliphatic heterocycles. The zero-order chi connectivity index (χ0) is 39.1. The molecule has 0 unspecified atom stereocenters. The van der Waals surface area contributed by atoms with Crippen LogP contribution in [0.3, 0.4) is 0 Å². The van der Waals surface area contributed by atoms with Gasteiger partial charge in [0.15, 0.2) is 0 Å². The molecule has 0 fully saturated rings. The van der Waals surface area contributed by atoms with E-state index < -0.39 is 0 Å². The highest BCUT2D eigenvalue weighted by Crippen LogP contribution is 2.45. The number of hydrogen-bond donors (Lipinski definition) is 0. The molecule has 59 heavy (non-hydrogen) atoms. The van der Waals surface area contributed by atoms with Crippen molar-refractivity contribution in [3.05, 3.63) is 231 Å². The smallest absolute Gasteiger partial charge is 0.0488 e. The van der Waals surface area contributed by atoms with E-state index in [9.17, 15) is 0 Å². The fourth-order valence-corrected chi connectivity index (χ4v) is 9.72. The van der Waals surface area contributed by atoms with E-state index in [2.05, 4.69) is 240 Å². The molecule has 0 atom stereocenters. The predicted molar refractivity (Wildman–Crippen MR) is 255 cm³/mol. The van der Waals surface area contributed by atoms with Crippen LogP contribution in [0.4, 0.5) is 34.1 Å². The summed E-state index contributed by atoms with van der Waals surface area (Å²) in [6.07, 6.45) is 0. The molecule has 1 heterocycles. The molecule has 0 saturated carbocycles. The van der Waals surface area contributed by atoms with Crippen LogP contribution in [0.25, 0.3) is 64.0 Å². The molecule has 278 valence electrons. The first-order chi connectivity index (χ1) is 29.2. The van der Waals surface area contributed by atoms with Crippen molar-refractivity contribution in [2.45, 2.75) is 0 Å². The van der Waals surface area contributed by atoms with E-state index in [0.29, 0.717) is 0 Å². The zero-order valence-electron chi connectivity index (χ0n) is 32.2. The summed E-state index contributed by atoms with van der Waals surface area (Å²) in [6, 6.07) is 83.7. The van der Waals surface area contributed by atoms with Crippen molar-refractivity contribution in [2.75, 3.05) is 9.80 Å². The van der Waals surface area contributed by atoms with Gasteiger partial charge >= 0.3 is 0 Å².